The maximum absolute atomic E-state index is 12.0. The third kappa shape index (κ3) is 5.81. The second-order valence-corrected chi connectivity index (χ2v) is 7.44. The average molecular weight is 387 g/mol. The van der Waals surface area contributed by atoms with Crippen molar-refractivity contribution >= 4 is 17.7 Å². The molecular formula is C21H29N3O4. The number of benzene rings is 1. The number of fused-ring (bicyclic) bond motifs is 2. The molecule has 7 nitrogen and oxygen atoms in total. The molecular weight excluding hydrogens is 358 g/mol. The van der Waals surface area contributed by atoms with Crippen LogP contribution in [0.4, 0.5) is 10.5 Å². The SMILES string of the molecule is O=C(O)CCC/C=C\C[C@@H]1[C@H](CNNC(=O)Nc2ccccc2)[C@@H]2CC[C@H]1O2. The zero-order valence-electron chi connectivity index (χ0n) is 16.0. The summed E-state index contributed by atoms with van der Waals surface area (Å²) in [6, 6.07) is 9.03. The van der Waals surface area contributed by atoms with Gasteiger partial charge in [-0.2, -0.15) is 0 Å². The number of carboxylic acids is 1. The van der Waals surface area contributed by atoms with Crippen LogP contribution in [-0.2, 0) is 9.53 Å². The van der Waals surface area contributed by atoms with E-state index >= 15 is 0 Å². The lowest BCUT2D eigenvalue weighted by atomic mass is 9.77. The standard InChI is InChI=1S/C21H29N3O4/c25-20(26)11-7-2-1-6-10-16-17(19-13-12-18(16)28-19)14-22-24-21(27)23-15-8-4-3-5-9-15/h1,3-6,8-9,16-19,22H,2,7,10-14H2,(H,25,26)(H2,23,24,27)/b6-1-/t16-,17+,18-,19+/m1/s1. The zero-order valence-corrected chi connectivity index (χ0v) is 16.0. The molecule has 4 N–H and O–H groups in total. The number of hydrogen-bond acceptors (Lipinski definition) is 4. The van der Waals surface area contributed by atoms with E-state index in [1.807, 2.05) is 30.3 Å². The van der Waals surface area contributed by atoms with E-state index in [4.69, 9.17) is 9.84 Å². The third-order valence-electron chi connectivity index (χ3n) is 5.50. The number of carbonyl (C=O) groups is 2. The number of urea groups is 1. The molecule has 2 heterocycles. The summed E-state index contributed by atoms with van der Waals surface area (Å²) in [6.45, 7) is 0.668. The molecule has 2 bridgehead atoms. The molecule has 0 saturated carbocycles. The lowest BCUT2D eigenvalue weighted by molar-refractivity contribution is -0.137. The minimum atomic E-state index is -0.746. The van der Waals surface area contributed by atoms with E-state index < -0.39 is 5.97 Å². The fraction of sp³-hybridized carbons (Fsp3) is 0.524. The highest BCUT2D eigenvalue weighted by atomic mass is 16.5. The van der Waals surface area contributed by atoms with Crippen molar-refractivity contribution in [3.05, 3.63) is 42.5 Å². The normalized spacial score (nSPS) is 25.9. The number of carbonyl (C=O) groups excluding carboxylic acids is 1. The van der Waals surface area contributed by atoms with E-state index in [1.165, 1.54) is 0 Å². The largest absolute Gasteiger partial charge is 0.481 e. The monoisotopic (exact) mass is 387 g/mol. The number of amides is 2. The summed E-state index contributed by atoms with van der Waals surface area (Å²) in [6.07, 6.45) is 9.54. The molecule has 2 saturated heterocycles. The van der Waals surface area contributed by atoms with Crippen LogP contribution in [0.15, 0.2) is 42.5 Å². The Balaban J connectivity index is 1.40. The van der Waals surface area contributed by atoms with Crippen LogP contribution in [0, 0.1) is 11.8 Å². The summed E-state index contributed by atoms with van der Waals surface area (Å²) >= 11 is 0. The summed E-state index contributed by atoms with van der Waals surface area (Å²) < 4.78 is 6.08. The second kappa shape index (κ2) is 10.2. The van der Waals surface area contributed by atoms with Crippen LogP contribution in [0.1, 0.15) is 38.5 Å². The van der Waals surface area contributed by atoms with Crippen LogP contribution in [0.5, 0.6) is 0 Å². The van der Waals surface area contributed by atoms with Crippen LogP contribution in [0.25, 0.3) is 0 Å². The van der Waals surface area contributed by atoms with Crippen molar-refractivity contribution in [3.8, 4) is 0 Å². The molecule has 1 aromatic rings. The van der Waals surface area contributed by atoms with Crippen LogP contribution < -0.4 is 16.2 Å². The smallest absolute Gasteiger partial charge is 0.333 e. The molecule has 2 aliphatic rings. The van der Waals surface area contributed by atoms with E-state index in [2.05, 4.69) is 28.3 Å². The number of hydrogen-bond donors (Lipinski definition) is 4. The number of hydrazine groups is 1. The van der Waals surface area contributed by atoms with Gasteiger partial charge in [0.1, 0.15) is 0 Å². The highest BCUT2D eigenvalue weighted by Crippen LogP contribution is 2.44. The van der Waals surface area contributed by atoms with Gasteiger partial charge in [-0.05, 0) is 50.2 Å². The van der Waals surface area contributed by atoms with E-state index in [-0.39, 0.29) is 18.6 Å². The molecule has 152 valence electrons. The lowest BCUT2D eigenvalue weighted by Crippen LogP contribution is -2.45. The minimum absolute atomic E-state index is 0.213. The van der Waals surface area contributed by atoms with Gasteiger partial charge in [0.25, 0.3) is 0 Å². The Labute approximate surface area is 165 Å². The minimum Gasteiger partial charge on any atom is -0.481 e. The first-order valence-corrected chi connectivity index (χ1v) is 10.0. The van der Waals surface area contributed by atoms with Crippen LogP contribution in [-0.4, -0.2) is 35.9 Å². The molecule has 0 aromatic heterocycles. The summed E-state index contributed by atoms with van der Waals surface area (Å²) in [5.74, 6) is 0.0465. The first-order chi connectivity index (χ1) is 13.6. The zero-order chi connectivity index (χ0) is 19.8. The molecule has 1 aromatic carbocycles. The Morgan fingerprint density at radius 2 is 1.86 bits per heavy atom. The van der Waals surface area contributed by atoms with Crippen molar-refractivity contribution in [2.45, 2.75) is 50.7 Å². The maximum atomic E-state index is 12.0. The Kier molecular flexibility index (Phi) is 7.45. The number of carboxylic acid groups (broad SMARTS) is 1. The first-order valence-electron chi connectivity index (χ1n) is 10.0. The van der Waals surface area contributed by atoms with Gasteiger partial charge in [0.05, 0.1) is 12.2 Å². The molecule has 28 heavy (non-hydrogen) atoms. The Morgan fingerprint density at radius 3 is 2.61 bits per heavy atom. The van der Waals surface area contributed by atoms with Crippen LogP contribution in [0.2, 0.25) is 0 Å². The van der Waals surface area contributed by atoms with Gasteiger partial charge in [-0.25, -0.2) is 10.2 Å². The Hall–Kier alpha value is -2.38. The van der Waals surface area contributed by atoms with Gasteiger partial charge >= 0.3 is 12.0 Å². The van der Waals surface area contributed by atoms with Gasteiger partial charge < -0.3 is 15.2 Å². The van der Waals surface area contributed by atoms with Crippen molar-refractivity contribution in [3.63, 3.8) is 0 Å². The highest BCUT2D eigenvalue weighted by molar-refractivity contribution is 5.88. The van der Waals surface area contributed by atoms with E-state index in [9.17, 15) is 9.59 Å². The quantitative estimate of drug-likeness (QED) is 0.280. The lowest BCUT2D eigenvalue weighted by Gasteiger charge is -2.27. The number of anilines is 1. The molecule has 4 atom stereocenters. The fourth-order valence-corrected chi connectivity index (χ4v) is 4.16. The predicted molar refractivity (Wildman–Crippen MR) is 107 cm³/mol. The molecule has 2 aliphatic heterocycles. The summed E-state index contributed by atoms with van der Waals surface area (Å²) in [5.41, 5.74) is 6.50. The number of ether oxygens (including phenoxy) is 1. The van der Waals surface area contributed by atoms with E-state index in [0.29, 0.717) is 30.9 Å². The van der Waals surface area contributed by atoms with Crippen molar-refractivity contribution in [2.24, 2.45) is 11.8 Å². The number of aliphatic carboxylic acids is 1. The maximum Gasteiger partial charge on any atom is 0.333 e. The molecule has 3 rings (SSSR count). The number of unbranched alkanes of at least 4 members (excludes halogenated alkanes) is 1. The van der Waals surface area contributed by atoms with Crippen LogP contribution >= 0.6 is 0 Å². The topological polar surface area (TPSA) is 99.7 Å². The molecule has 7 heteroatoms. The predicted octanol–water partition coefficient (Wildman–Crippen LogP) is 3.31. The van der Waals surface area contributed by atoms with Crippen molar-refractivity contribution in [1.29, 1.82) is 0 Å². The second-order valence-electron chi connectivity index (χ2n) is 7.44. The molecule has 2 amide bonds. The van der Waals surface area contributed by atoms with E-state index in [0.717, 1.165) is 31.4 Å². The van der Waals surface area contributed by atoms with Gasteiger partial charge in [-0.15, -0.1) is 0 Å². The highest BCUT2D eigenvalue weighted by Gasteiger charge is 2.47. The number of allylic oxidation sites excluding steroid dienone is 2. The van der Waals surface area contributed by atoms with Crippen molar-refractivity contribution in [1.82, 2.24) is 10.9 Å². The van der Waals surface area contributed by atoms with Gasteiger partial charge in [-0.3, -0.25) is 10.2 Å². The molecule has 0 aliphatic carbocycles. The number of nitrogens with one attached hydrogen (secondary N) is 3. The molecule has 0 unspecified atom stereocenters. The van der Waals surface area contributed by atoms with Gasteiger partial charge in [0.15, 0.2) is 0 Å². The fourth-order valence-electron chi connectivity index (χ4n) is 4.16. The number of para-hydroxylation sites is 1. The molecule has 0 spiro atoms. The number of rotatable bonds is 10. The molecule has 0 radical (unpaired) electrons. The Bertz CT molecular complexity index is 679. The summed E-state index contributed by atoms with van der Waals surface area (Å²) in [5, 5.41) is 11.4. The van der Waals surface area contributed by atoms with Crippen LogP contribution in [0.3, 0.4) is 0 Å². The average Bonchev–Trinajstić information content (AvgIpc) is 3.27. The summed E-state index contributed by atoms with van der Waals surface area (Å²) in [4.78, 5) is 22.5. The van der Waals surface area contributed by atoms with Crippen molar-refractivity contribution < 1.29 is 19.4 Å². The van der Waals surface area contributed by atoms with Gasteiger partial charge in [0, 0.05) is 24.6 Å². The van der Waals surface area contributed by atoms with Gasteiger partial charge in [-0.1, -0.05) is 30.4 Å². The summed E-state index contributed by atoms with van der Waals surface area (Å²) in [7, 11) is 0. The molecule has 2 fully saturated rings. The van der Waals surface area contributed by atoms with Gasteiger partial charge in [0.2, 0.25) is 0 Å². The third-order valence-corrected chi connectivity index (χ3v) is 5.50. The Morgan fingerprint density at radius 1 is 1.11 bits per heavy atom. The first kappa shape index (κ1) is 20.4. The van der Waals surface area contributed by atoms with E-state index in [1.54, 1.807) is 0 Å². The van der Waals surface area contributed by atoms with Crippen molar-refractivity contribution in [2.75, 3.05) is 11.9 Å².